The van der Waals surface area contributed by atoms with Crippen LogP contribution in [0.5, 0.6) is 11.5 Å². The molecule has 4 rings (SSSR count). The summed E-state index contributed by atoms with van der Waals surface area (Å²) in [4.78, 5) is 26.8. The largest absolute Gasteiger partial charge is 0.497 e. The fraction of sp³-hybridized carbons (Fsp3) is 0.565. The van der Waals surface area contributed by atoms with E-state index in [1.807, 2.05) is 23.2 Å². The third kappa shape index (κ3) is 3.72. The van der Waals surface area contributed by atoms with Crippen molar-refractivity contribution >= 4 is 11.7 Å². The van der Waals surface area contributed by atoms with Crippen molar-refractivity contribution in [1.82, 2.24) is 10.0 Å². The van der Waals surface area contributed by atoms with E-state index in [9.17, 15) is 9.59 Å². The highest BCUT2D eigenvalue weighted by Gasteiger charge is 2.46. The van der Waals surface area contributed by atoms with Crippen LogP contribution in [0.25, 0.3) is 0 Å². The Morgan fingerprint density at radius 1 is 1.07 bits per heavy atom. The molecule has 3 aliphatic rings. The molecule has 1 aliphatic carbocycles. The second-order valence-corrected chi connectivity index (χ2v) is 8.94. The first-order valence-electron chi connectivity index (χ1n) is 10.5. The number of hydrogen-bond donors (Lipinski definition) is 0. The Kier molecular flexibility index (Phi) is 5.59. The SMILES string of the molecule is COc1ccc(C2CC(=O)N(N3CCOCC3)C3=C2C(=O)CC(C)(C)C3)c(OC)c1. The minimum atomic E-state index is -0.311. The van der Waals surface area contributed by atoms with Crippen LogP contribution in [0.4, 0.5) is 0 Å². The molecule has 7 nitrogen and oxygen atoms in total. The highest BCUT2D eigenvalue weighted by atomic mass is 16.5. The topological polar surface area (TPSA) is 68.3 Å². The van der Waals surface area contributed by atoms with Crippen molar-refractivity contribution in [2.24, 2.45) is 5.41 Å². The summed E-state index contributed by atoms with van der Waals surface area (Å²) >= 11 is 0. The van der Waals surface area contributed by atoms with Gasteiger partial charge in [-0.25, -0.2) is 10.0 Å². The van der Waals surface area contributed by atoms with E-state index in [1.54, 1.807) is 19.2 Å². The second kappa shape index (κ2) is 8.04. The Balaban J connectivity index is 1.83. The number of allylic oxidation sites excluding steroid dienone is 2. The molecule has 0 spiro atoms. The van der Waals surface area contributed by atoms with E-state index in [0.717, 1.165) is 16.8 Å². The second-order valence-electron chi connectivity index (χ2n) is 8.94. The molecule has 0 saturated carbocycles. The Labute approximate surface area is 177 Å². The third-order valence-corrected chi connectivity index (χ3v) is 6.20. The summed E-state index contributed by atoms with van der Waals surface area (Å²) in [5.74, 6) is 1.14. The van der Waals surface area contributed by atoms with Gasteiger partial charge in [-0.1, -0.05) is 19.9 Å². The number of carbonyl (C=O) groups excluding carboxylic acids is 2. The van der Waals surface area contributed by atoms with Crippen LogP contribution in [0, 0.1) is 5.41 Å². The zero-order valence-corrected chi connectivity index (χ0v) is 18.2. The molecule has 0 radical (unpaired) electrons. The molecule has 2 heterocycles. The van der Waals surface area contributed by atoms with Gasteiger partial charge in [-0.3, -0.25) is 9.59 Å². The molecular weight excluding hydrogens is 384 g/mol. The van der Waals surface area contributed by atoms with E-state index in [-0.39, 0.29) is 29.4 Å². The molecule has 1 amide bonds. The van der Waals surface area contributed by atoms with Gasteiger partial charge < -0.3 is 14.2 Å². The van der Waals surface area contributed by atoms with Crippen molar-refractivity contribution in [2.75, 3.05) is 40.5 Å². The minimum Gasteiger partial charge on any atom is -0.497 e. The Morgan fingerprint density at radius 3 is 2.47 bits per heavy atom. The van der Waals surface area contributed by atoms with E-state index < -0.39 is 0 Å². The van der Waals surface area contributed by atoms with Crippen LogP contribution in [0.15, 0.2) is 29.5 Å². The van der Waals surface area contributed by atoms with Crippen molar-refractivity contribution < 1.29 is 23.8 Å². The zero-order chi connectivity index (χ0) is 21.5. The summed E-state index contributed by atoms with van der Waals surface area (Å²) in [5, 5.41) is 3.82. The zero-order valence-electron chi connectivity index (χ0n) is 18.2. The van der Waals surface area contributed by atoms with Gasteiger partial charge in [-0.05, 0) is 17.9 Å². The third-order valence-electron chi connectivity index (χ3n) is 6.20. The molecule has 0 bridgehead atoms. The predicted octanol–water partition coefficient (Wildman–Crippen LogP) is 2.91. The summed E-state index contributed by atoms with van der Waals surface area (Å²) < 4.78 is 16.4. The Morgan fingerprint density at radius 2 is 1.80 bits per heavy atom. The fourth-order valence-corrected chi connectivity index (χ4v) is 4.85. The predicted molar refractivity (Wildman–Crippen MR) is 111 cm³/mol. The van der Waals surface area contributed by atoms with Gasteiger partial charge >= 0.3 is 0 Å². The number of rotatable bonds is 4. The molecule has 0 N–H and O–H groups in total. The number of morpholine rings is 1. The number of hydrazine groups is 1. The van der Waals surface area contributed by atoms with Crippen molar-refractivity contribution in [3.05, 3.63) is 35.0 Å². The molecule has 1 fully saturated rings. The molecule has 2 aliphatic heterocycles. The summed E-state index contributed by atoms with van der Waals surface area (Å²) in [6, 6.07) is 5.58. The lowest BCUT2D eigenvalue weighted by Gasteiger charge is -2.47. The van der Waals surface area contributed by atoms with Gasteiger partial charge in [-0.2, -0.15) is 0 Å². The van der Waals surface area contributed by atoms with Crippen LogP contribution in [-0.4, -0.2) is 62.2 Å². The first kappa shape index (κ1) is 20.9. The van der Waals surface area contributed by atoms with Gasteiger partial charge in [0.15, 0.2) is 5.78 Å². The molecule has 7 heteroatoms. The van der Waals surface area contributed by atoms with E-state index >= 15 is 0 Å². The molecule has 162 valence electrons. The number of Topliss-reactive ketones (excluding diaryl/α,β-unsaturated/α-hetero) is 1. The highest BCUT2D eigenvalue weighted by molar-refractivity contribution is 6.02. The average molecular weight is 415 g/mol. The van der Waals surface area contributed by atoms with Gasteiger partial charge in [-0.15, -0.1) is 0 Å². The highest BCUT2D eigenvalue weighted by Crippen LogP contribution is 2.49. The molecule has 1 saturated heterocycles. The number of hydrogen-bond acceptors (Lipinski definition) is 6. The lowest BCUT2D eigenvalue weighted by atomic mass is 9.69. The number of benzene rings is 1. The molecule has 0 aromatic heterocycles. The van der Waals surface area contributed by atoms with E-state index in [1.165, 1.54) is 0 Å². The van der Waals surface area contributed by atoms with Crippen LogP contribution in [0.1, 0.15) is 44.6 Å². The lowest BCUT2D eigenvalue weighted by Crippen LogP contribution is -2.55. The molecule has 1 atom stereocenters. The van der Waals surface area contributed by atoms with Crippen molar-refractivity contribution in [3.63, 3.8) is 0 Å². The maximum absolute atomic E-state index is 13.4. The molecule has 1 aromatic rings. The van der Waals surface area contributed by atoms with E-state index in [2.05, 4.69) is 13.8 Å². The summed E-state index contributed by atoms with van der Waals surface area (Å²) in [7, 11) is 3.20. The van der Waals surface area contributed by atoms with Crippen molar-refractivity contribution in [1.29, 1.82) is 0 Å². The number of ketones is 1. The fourth-order valence-electron chi connectivity index (χ4n) is 4.85. The van der Waals surface area contributed by atoms with Crippen LogP contribution in [0.2, 0.25) is 0 Å². The first-order chi connectivity index (χ1) is 14.3. The maximum Gasteiger partial charge on any atom is 0.242 e. The number of ether oxygens (including phenoxy) is 3. The lowest BCUT2D eigenvalue weighted by molar-refractivity contribution is -0.154. The molecular formula is C23H30N2O5. The molecule has 30 heavy (non-hydrogen) atoms. The monoisotopic (exact) mass is 414 g/mol. The van der Waals surface area contributed by atoms with E-state index in [4.69, 9.17) is 14.2 Å². The maximum atomic E-state index is 13.4. The number of amides is 1. The first-order valence-corrected chi connectivity index (χ1v) is 10.5. The van der Waals surface area contributed by atoms with Gasteiger partial charge in [0.2, 0.25) is 5.91 Å². The van der Waals surface area contributed by atoms with Gasteiger partial charge in [0, 0.05) is 54.7 Å². The quantitative estimate of drug-likeness (QED) is 0.755. The molecule has 1 unspecified atom stereocenters. The van der Waals surface area contributed by atoms with Gasteiger partial charge in [0.1, 0.15) is 11.5 Å². The van der Waals surface area contributed by atoms with Crippen LogP contribution >= 0.6 is 0 Å². The Bertz CT molecular complexity index is 886. The standard InChI is InChI=1S/C23H30N2O5/c1-23(2)13-18-22(19(26)14-23)17(16-6-5-15(28-3)11-20(16)29-4)12-21(27)25(18)24-7-9-30-10-8-24/h5-6,11,17H,7-10,12-14H2,1-4H3. The van der Waals surface area contributed by atoms with Crippen molar-refractivity contribution in [3.8, 4) is 11.5 Å². The number of nitrogens with zero attached hydrogens (tertiary/aromatic N) is 2. The van der Waals surface area contributed by atoms with Crippen molar-refractivity contribution in [2.45, 2.75) is 39.0 Å². The Hall–Kier alpha value is -2.38. The molecule has 1 aromatic carbocycles. The minimum absolute atomic E-state index is 0.0176. The summed E-state index contributed by atoms with van der Waals surface area (Å²) in [5.41, 5.74) is 2.27. The summed E-state index contributed by atoms with van der Waals surface area (Å²) in [6.07, 6.45) is 1.41. The smallest absolute Gasteiger partial charge is 0.242 e. The van der Waals surface area contributed by atoms with Gasteiger partial charge in [0.05, 0.1) is 27.4 Å². The average Bonchev–Trinajstić information content (AvgIpc) is 2.72. The van der Waals surface area contributed by atoms with Crippen LogP contribution in [0.3, 0.4) is 0 Å². The normalized spacial score (nSPS) is 24.7. The summed E-state index contributed by atoms with van der Waals surface area (Å²) in [6.45, 7) is 6.64. The number of methoxy groups -OCH3 is 2. The number of carbonyl (C=O) groups is 2. The van der Waals surface area contributed by atoms with Gasteiger partial charge in [0.25, 0.3) is 0 Å². The van der Waals surface area contributed by atoms with Crippen LogP contribution in [-0.2, 0) is 14.3 Å². The van der Waals surface area contributed by atoms with Crippen LogP contribution < -0.4 is 9.47 Å². The van der Waals surface area contributed by atoms with E-state index in [0.29, 0.717) is 50.6 Å².